The highest BCUT2D eigenvalue weighted by molar-refractivity contribution is 6.30. The molecule has 1 aromatic rings. The van der Waals surface area contributed by atoms with Crippen molar-refractivity contribution in [3.8, 4) is 0 Å². The number of nitrogens with one attached hydrogen (secondary N) is 1. The number of anilines is 1. The number of rotatable bonds is 2. The number of carbonyl (C=O) groups excluding carboxylic acids is 1. The number of halogens is 1. The first-order valence-electron chi connectivity index (χ1n) is 4.15. The maximum absolute atomic E-state index is 11.3. The fourth-order valence-corrected chi connectivity index (χ4v) is 1.06. The summed E-state index contributed by atoms with van der Waals surface area (Å²) in [5.74, 6) is 0.264. The maximum atomic E-state index is 11.3. The lowest BCUT2D eigenvalue weighted by molar-refractivity contribution is -0.112. The molecule has 1 heterocycles. The first-order valence-corrected chi connectivity index (χ1v) is 4.53. The first kappa shape index (κ1) is 10.7. The van der Waals surface area contributed by atoms with Crippen LogP contribution >= 0.6 is 11.6 Å². The van der Waals surface area contributed by atoms with Crippen molar-refractivity contribution in [2.45, 2.75) is 13.8 Å². The van der Waals surface area contributed by atoms with Gasteiger partial charge in [0.05, 0.1) is 0 Å². The van der Waals surface area contributed by atoms with Gasteiger partial charge >= 0.3 is 0 Å². The third kappa shape index (κ3) is 3.58. The minimum absolute atomic E-state index is 0.195. The number of hydrogen-bond acceptors (Lipinski definition) is 2. The standard InChI is InChI=1S/C10H11ClN2O/c1-7(2)5-10(14)13-9-6-8(11)3-4-12-9/h3-6H,1-2H3,(H,12,13,14). The fourth-order valence-electron chi connectivity index (χ4n) is 0.898. The largest absolute Gasteiger partial charge is 0.307 e. The van der Waals surface area contributed by atoms with E-state index in [2.05, 4.69) is 10.3 Å². The second-order valence-corrected chi connectivity index (χ2v) is 3.51. The lowest BCUT2D eigenvalue weighted by atomic mass is 10.3. The van der Waals surface area contributed by atoms with E-state index in [-0.39, 0.29) is 5.91 Å². The molecule has 74 valence electrons. The summed E-state index contributed by atoms with van der Waals surface area (Å²) >= 11 is 5.73. The van der Waals surface area contributed by atoms with Gasteiger partial charge in [0.1, 0.15) is 5.82 Å². The summed E-state index contributed by atoms with van der Waals surface area (Å²) in [5, 5.41) is 3.15. The van der Waals surface area contributed by atoms with Crippen LogP contribution in [0.3, 0.4) is 0 Å². The number of hydrogen-bond donors (Lipinski definition) is 1. The average Bonchev–Trinajstić information content (AvgIpc) is 2.01. The summed E-state index contributed by atoms with van der Waals surface area (Å²) in [7, 11) is 0. The van der Waals surface area contributed by atoms with Crippen LogP contribution < -0.4 is 5.32 Å². The Kier molecular flexibility index (Phi) is 3.65. The number of nitrogens with zero attached hydrogens (tertiary/aromatic N) is 1. The Labute approximate surface area is 87.8 Å². The minimum atomic E-state index is -0.195. The Morgan fingerprint density at radius 2 is 2.29 bits per heavy atom. The van der Waals surface area contributed by atoms with Crippen LogP contribution in [0.25, 0.3) is 0 Å². The van der Waals surface area contributed by atoms with Crippen LogP contribution in [0.4, 0.5) is 5.82 Å². The normalized spacial score (nSPS) is 9.36. The second kappa shape index (κ2) is 4.77. The molecule has 0 aliphatic heterocycles. The molecule has 0 radical (unpaired) electrons. The van der Waals surface area contributed by atoms with Crippen LogP contribution in [0.2, 0.25) is 5.02 Å². The Hall–Kier alpha value is -1.35. The Balaban J connectivity index is 2.70. The molecule has 1 amide bonds. The molecule has 0 saturated carbocycles. The second-order valence-electron chi connectivity index (χ2n) is 3.07. The summed E-state index contributed by atoms with van der Waals surface area (Å²) in [5.41, 5.74) is 0.935. The Morgan fingerprint density at radius 3 is 2.86 bits per heavy atom. The van der Waals surface area contributed by atoms with Crippen molar-refractivity contribution in [1.82, 2.24) is 4.98 Å². The number of carbonyl (C=O) groups is 1. The quantitative estimate of drug-likeness (QED) is 0.763. The zero-order valence-electron chi connectivity index (χ0n) is 8.04. The van der Waals surface area contributed by atoms with Gasteiger partial charge in [0.25, 0.3) is 0 Å². The van der Waals surface area contributed by atoms with Crippen LogP contribution in [0.5, 0.6) is 0 Å². The molecule has 0 aliphatic rings. The summed E-state index contributed by atoms with van der Waals surface area (Å²) in [4.78, 5) is 15.2. The molecule has 0 unspecified atom stereocenters. The Bertz CT molecular complexity index is 370. The topological polar surface area (TPSA) is 42.0 Å². The number of allylic oxidation sites excluding steroid dienone is 1. The minimum Gasteiger partial charge on any atom is -0.307 e. The molecule has 1 N–H and O–H groups in total. The summed E-state index contributed by atoms with van der Waals surface area (Å²) in [6.07, 6.45) is 3.04. The van der Waals surface area contributed by atoms with Crippen molar-refractivity contribution >= 4 is 23.3 Å². The molecule has 0 spiro atoms. The van der Waals surface area contributed by atoms with Crippen LogP contribution in [0.15, 0.2) is 30.0 Å². The van der Waals surface area contributed by atoms with Gasteiger partial charge in [-0.15, -0.1) is 0 Å². The van der Waals surface area contributed by atoms with E-state index >= 15 is 0 Å². The SMILES string of the molecule is CC(C)=CC(=O)Nc1cc(Cl)ccn1. The fraction of sp³-hybridized carbons (Fsp3) is 0.200. The van der Waals surface area contributed by atoms with E-state index in [1.54, 1.807) is 18.3 Å². The summed E-state index contributed by atoms with van der Waals surface area (Å²) in [6.45, 7) is 3.70. The van der Waals surface area contributed by atoms with Gasteiger partial charge in [-0.25, -0.2) is 4.98 Å². The zero-order valence-corrected chi connectivity index (χ0v) is 8.80. The van der Waals surface area contributed by atoms with Gasteiger partial charge in [-0.05, 0) is 26.0 Å². The Morgan fingerprint density at radius 1 is 1.57 bits per heavy atom. The monoisotopic (exact) mass is 210 g/mol. The van der Waals surface area contributed by atoms with Gasteiger partial charge in [0.2, 0.25) is 5.91 Å². The van der Waals surface area contributed by atoms with Gasteiger partial charge in [0, 0.05) is 17.3 Å². The third-order valence-electron chi connectivity index (χ3n) is 1.39. The highest BCUT2D eigenvalue weighted by Gasteiger charge is 1.99. The lowest BCUT2D eigenvalue weighted by Gasteiger charge is -2.00. The molecule has 1 rings (SSSR count). The molecule has 0 bridgehead atoms. The summed E-state index contributed by atoms with van der Waals surface area (Å²) < 4.78 is 0. The average molecular weight is 211 g/mol. The van der Waals surface area contributed by atoms with Crippen molar-refractivity contribution in [2.75, 3.05) is 5.32 Å². The highest BCUT2D eigenvalue weighted by atomic mass is 35.5. The van der Waals surface area contributed by atoms with Crippen LogP contribution in [-0.2, 0) is 4.79 Å². The van der Waals surface area contributed by atoms with Gasteiger partial charge < -0.3 is 5.32 Å². The zero-order chi connectivity index (χ0) is 10.6. The van der Waals surface area contributed by atoms with Crippen LogP contribution in [0.1, 0.15) is 13.8 Å². The van der Waals surface area contributed by atoms with E-state index in [0.717, 1.165) is 5.57 Å². The van der Waals surface area contributed by atoms with Crippen molar-refractivity contribution in [3.05, 3.63) is 35.0 Å². The lowest BCUT2D eigenvalue weighted by Crippen LogP contribution is -2.09. The van der Waals surface area contributed by atoms with Gasteiger partial charge in [-0.2, -0.15) is 0 Å². The molecule has 0 saturated heterocycles. The van der Waals surface area contributed by atoms with E-state index in [1.807, 2.05) is 13.8 Å². The molecular weight excluding hydrogens is 200 g/mol. The highest BCUT2D eigenvalue weighted by Crippen LogP contribution is 2.11. The van der Waals surface area contributed by atoms with Crippen LogP contribution in [-0.4, -0.2) is 10.9 Å². The van der Waals surface area contributed by atoms with E-state index < -0.39 is 0 Å². The molecule has 3 nitrogen and oxygen atoms in total. The molecule has 0 aliphatic carbocycles. The predicted octanol–water partition coefficient (Wildman–Crippen LogP) is 2.64. The van der Waals surface area contributed by atoms with Crippen molar-refractivity contribution in [1.29, 1.82) is 0 Å². The van der Waals surface area contributed by atoms with Gasteiger partial charge in [0.15, 0.2) is 0 Å². The molecular formula is C10H11ClN2O. The van der Waals surface area contributed by atoms with E-state index in [9.17, 15) is 4.79 Å². The number of amides is 1. The third-order valence-corrected chi connectivity index (χ3v) is 1.63. The number of aromatic nitrogens is 1. The predicted molar refractivity (Wildman–Crippen MR) is 57.3 cm³/mol. The molecule has 0 atom stereocenters. The molecule has 14 heavy (non-hydrogen) atoms. The van der Waals surface area contributed by atoms with Crippen molar-refractivity contribution in [2.24, 2.45) is 0 Å². The van der Waals surface area contributed by atoms with Gasteiger partial charge in [-0.1, -0.05) is 17.2 Å². The van der Waals surface area contributed by atoms with Crippen LogP contribution in [0, 0.1) is 0 Å². The van der Waals surface area contributed by atoms with E-state index in [0.29, 0.717) is 10.8 Å². The summed E-state index contributed by atoms with van der Waals surface area (Å²) in [6, 6.07) is 3.25. The van der Waals surface area contributed by atoms with Gasteiger partial charge in [-0.3, -0.25) is 4.79 Å². The number of pyridine rings is 1. The molecule has 1 aromatic heterocycles. The van der Waals surface area contributed by atoms with E-state index in [4.69, 9.17) is 11.6 Å². The maximum Gasteiger partial charge on any atom is 0.249 e. The molecule has 0 aromatic carbocycles. The van der Waals surface area contributed by atoms with E-state index in [1.165, 1.54) is 6.08 Å². The smallest absolute Gasteiger partial charge is 0.249 e. The van der Waals surface area contributed by atoms with Crippen molar-refractivity contribution < 1.29 is 4.79 Å². The molecule has 4 heteroatoms. The molecule has 0 fully saturated rings. The first-order chi connectivity index (χ1) is 6.58. The van der Waals surface area contributed by atoms with Crippen molar-refractivity contribution in [3.63, 3.8) is 0 Å².